The van der Waals surface area contributed by atoms with Crippen LogP contribution >= 0.6 is 0 Å². The summed E-state index contributed by atoms with van der Waals surface area (Å²) < 4.78 is 6.26. The molecule has 2 rings (SSSR count). The molecule has 1 aromatic rings. The third-order valence-electron chi connectivity index (χ3n) is 4.88. The zero-order valence-corrected chi connectivity index (χ0v) is 14.8. The monoisotopic (exact) mass is 319 g/mol. The van der Waals surface area contributed by atoms with Gasteiger partial charge in [-0.25, -0.2) is 0 Å². The molecule has 1 aromatic carbocycles. The Hall–Kier alpha value is -1.46. The first-order valence-corrected chi connectivity index (χ1v) is 10.6. The molecule has 0 unspecified atom stereocenters. The zero-order valence-electron chi connectivity index (χ0n) is 13.8. The predicted octanol–water partition coefficient (Wildman–Crippen LogP) is 3.45. The van der Waals surface area contributed by atoms with Crippen molar-refractivity contribution in [3.05, 3.63) is 35.9 Å². The van der Waals surface area contributed by atoms with Crippen molar-refractivity contribution < 1.29 is 14.0 Å². The van der Waals surface area contributed by atoms with Crippen LogP contribution in [0.3, 0.4) is 0 Å². The summed E-state index contributed by atoms with van der Waals surface area (Å²) in [6, 6.07) is 11.8. The summed E-state index contributed by atoms with van der Waals surface area (Å²) in [6.07, 6.45) is -0.445. The molecule has 0 radical (unpaired) electrons. The fraction of sp³-hybridized carbons (Fsp3) is 0.529. The SMILES string of the molecule is CC[Si](CC)(CC)O[C@H]1C(=O)N(C(=O)c2ccccc2)[C@H]1C. The smallest absolute Gasteiger partial charge is 0.260 e. The summed E-state index contributed by atoms with van der Waals surface area (Å²) in [5.74, 6) is -0.414. The number of β-lactam (4-membered cyclic amide) rings is 1. The van der Waals surface area contributed by atoms with Gasteiger partial charge in [-0.15, -0.1) is 0 Å². The van der Waals surface area contributed by atoms with E-state index in [1.54, 1.807) is 24.3 Å². The van der Waals surface area contributed by atoms with Crippen molar-refractivity contribution in [2.24, 2.45) is 0 Å². The number of hydrogen-bond acceptors (Lipinski definition) is 3. The summed E-state index contributed by atoms with van der Waals surface area (Å²) in [6.45, 7) is 8.31. The summed E-state index contributed by atoms with van der Waals surface area (Å²) in [4.78, 5) is 26.2. The van der Waals surface area contributed by atoms with Gasteiger partial charge in [0.15, 0.2) is 8.32 Å². The normalized spacial score (nSPS) is 21.6. The van der Waals surface area contributed by atoms with E-state index in [2.05, 4.69) is 20.8 Å². The molecule has 0 aromatic heterocycles. The molecule has 1 saturated heterocycles. The van der Waals surface area contributed by atoms with Gasteiger partial charge in [-0.2, -0.15) is 0 Å². The molecule has 22 heavy (non-hydrogen) atoms. The second kappa shape index (κ2) is 6.75. The lowest BCUT2D eigenvalue weighted by Gasteiger charge is -2.47. The van der Waals surface area contributed by atoms with Gasteiger partial charge >= 0.3 is 0 Å². The van der Waals surface area contributed by atoms with E-state index in [0.29, 0.717) is 5.56 Å². The van der Waals surface area contributed by atoms with Crippen LogP contribution in [0.4, 0.5) is 0 Å². The highest BCUT2D eigenvalue weighted by Crippen LogP contribution is 2.32. The Labute approximate surface area is 133 Å². The standard InChI is InChI=1S/C17H25NO3Si/c1-5-22(6-2,7-3)21-15-13(4)18(17(15)20)16(19)14-11-9-8-10-12-14/h8-13,15H,5-7H2,1-4H3/t13-,15+/m0/s1. The van der Waals surface area contributed by atoms with Gasteiger partial charge in [-0.05, 0) is 37.2 Å². The van der Waals surface area contributed by atoms with Crippen LogP contribution in [0.1, 0.15) is 38.1 Å². The van der Waals surface area contributed by atoms with Gasteiger partial charge in [0.25, 0.3) is 11.8 Å². The van der Waals surface area contributed by atoms with E-state index in [0.717, 1.165) is 18.1 Å². The van der Waals surface area contributed by atoms with Gasteiger partial charge in [0.05, 0.1) is 6.04 Å². The second-order valence-corrected chi connectivity index (χ2v) is 10.6. The highest BCUT2D eigenvalue weighted by Gasteiger charge is 2.51. The van der Waals surface area contributed by atoms with E-state index in [4.69, 9.17) is 4.43 Å². The Kier molecular flexibility index (Phi) is 5.18. The maximum atomic E-state index is 12.4. The zero-order chi connectivity index (χ0) is 16.3. The first-order valence-electron chi connectivity index (χ1n) is 8.10. The molecule has 0 N–H and O–H groups in total. The minimum atomic E-state index is -1.84. The highest BCUT2D eigenvalue weighted by atomic mass is 28.4. The fourth-order valence-corrected chi connectivity index (χ4v) is 5.86. The molecule has 2 amide bonds. The molecular weight excluding hydrogens is 294 g/mol. The second-order valence-electron chi connectivity index (χ2n) is 5.90. The lowest BCUT2D eigenvalue weighted by molar-refractivity contribution is -0.156. The van der Waals surface area contributed by atoms with Crippen molar-refractivity contribution in [2.75, 3.05) is 0 Å². The molecule has 120 valence electrons. The fourth-order valence-electron chi connectivity index (χ4n) is 3.02. The largest absolute Gasteiger partial charge is 0.403 e. The maximum absolute atomic E-state index is 12.4. The third kappa shape index (κ3) is 2.87. The Morgan fingerprint density at radius 2 is 1.68 bits per heavy atom. The maximum Gasteiger partial charge on any atom is 0.260 e. The number of rotatable bonds is 6. The first-order chi connectivity index (χ1) is 10.5. The van der Waals surface area contributed by atoms with Crippen molar-refractivity contribution in [3.63, 3.8) is 0 Å². The Morgan fingerprint density at radius 1 is 1.14 bits per heavy atom. The molecule has 2 atom stereocenters. The lowest BCUT2D eigenvalue weighted by Crippen LogP contribution is -2.68. The van der Waals surface area contributed by atoms with Gasteiger partial charge in [0.2, 0.25) is 0 Å². The summed E-state index contributed by atoms with van der Waals surface area (Å²) >= 11 is 0. The summed E-state index contributed by atoms with van der Waals surface area (Å²) in [7, 11) is -1.84. The number of carbonyl (C=O) groups excluding carboxylic acids is 2. The highest BCUT2D eigenvalue weighted by molar-refractivity contribution is 6.73. The van der Waals surface area contributed by atoms with E-state index in [-0.39, 0.29) is 17.9 Å². The minimum Gasteiger partial charge on any atom is -0.403 e. The molecular formula is C17H25NO3Si. The van der Waals surface area contributed by atoms with Crippen molar-refractivity contribution >= 4 is 20.1 Å². The van der Waals surface area contributed by atoms with Crippen LogP contribution in [0.5, 0.6) is 0 Å². The average Bonchev–Trinajstić information content (AvgIpc) is 2.57. The average molecular weight is 319 g/mol. The minimum absolute atomic E-state index is 0.184. The molecule has 4 nitrogen and oxygen atoms in total. The quantitative estimate of drug-likeness (QED) is 0.458. The molecule has 0 spiro atoms. The number of carbonyl (C=O) groups is 2. The molecule has 0 bridgehead atoms. The van der Waals surface area contributed by atoms with E-state index in [1.807, 2.05) is 13.0 Å². The van der Waals surface area contributed by atoms with Crippen LogP contribution in [0.2, 0.25) is 18.1 Å². The van der Waals surface area contributed by atoms with Gasteiger partial charge in [-0.1, -0.05) is 39.0 Å². The molecule has 1 aliphatic rings. The third-order valence-corrected chi connectivity index (χ3v) is 9.50. The number of amides is 2. The summed E-state index contributed by atoms with van der Waals surface area (Å²) in [5.41, 5.74) is 0.547. The van der Waals surface area contributed by atoms with Crippen LogP contribution in [0.25, 0.3) is 0 Å². The van der Waals surface area contributed by atoms with Crippen LogP contribution in [0, 0.1) is 0 Å². The molecule has 0 saturated carbocycles. The molecule has 1 aliphatic heterocycles. The first kappa shape index (κ1) is 16.9. The summed E-state index contributed by atoms with van der Waals surface area (Å²) in [5, 5.41) is 0. The van der Waals surface area contributed by atoms with Gasteiger partial charge < -0.3 is 4.43 Å². The van der Waals surface area contributed by atoms with Crippen LogP contribution < -0.4 is 0 Å². The van der Waals surface area contributed by atoms with Crippen LogP contribution in [-0.2, 0) is 9.22 Å². The molecule has 1 fully saturated rings. The molecule has 5 heteroatoms. The van der Waals surface area contributed by atoms with Crippen molar-refractivity contribution in [3.8, 4) is 0 Å². The van der Waals surface area contributed by atoms with Crippen LogP contribution in [0.15, 0.2) is 30.3 Å². The van der Waals surface area contributed by atoms with Gasteiger partial charge in [-0.3, -0.25) is 14.5 Å². The van der Waals surface area contributed by atoms with Crippen molar-refractivity contribution in [1.29, 1.82) is 0 Å². The lowest BCUT2D eigenvalue weighted by atomic mass is 9.98. The molecule has 0 aliphatic carbocycles. The van der Waals surface area contributed by atoms with E-state index < -0.39 is 14.4 Å². The van der Waals surface area contributed by atoms with Crippen molar-refractivity contribution in [2.45, 2.75) is 58.0 Å². The Morgan fingerprint density at radius 3 is 2.14 bits per heavy atom. The number of nitrogens with zero attached hydrogens (tertiary/aromatic N) is 1. The Bertz CT molecular complexity index is 534. The van der Waals surface area contributed by atoms with E-state index in [1.165, 1.54) is 4.90 Å². The number of imide groups is 1. The van der Waals surface area contributed by atoms with Gasteiger partial charge in [0.1, 0.15) is 6.10 Å². The number of benzene rings is 1. The molecule has 1 heterocycles. The number of likely N-dealkylation sites (tertiary alicyclic amines) is 1. The van der Waals surface area contributed by atoms with Gasteiger partial charge in [0, 0.05) is 5.56 Å². The van der Waals surface area contributed by atoms with Crippen LogP contribution in [-0.4, -0.2) is 37.2 Å². The van der Waals surface area contributed by atoms with E-state index in [9.17, 15) is 9.59 Å². The number of hydrogen-bond donors (Lipinski definition) is 0. The predicted molar refractivity (Wildman–Crippen MR) is 89.2 cm³/mol. The van der Waals surface area contributed by atoms with Crippen molar-refractivity contribution in [1.82, 2.24) is 4.90 Å². The topological polar surface area (TPSA) is 46.6 Å². The van der Waals surface area contributed by atoms with E-state index >= 15 is 0 Å². The Balaban J connectivity index is 2.09.